The number of carbonyl (C=O) groups is 1. The zero-order valence-corrected chi connectivity index (χ0v) is 13.9. The number of rotatable bonds is 6. The van der Waals surface area contributed by atoms with E-state index in [1.807, 2.05) is 13.8 Å². The lowest BCUT2D eigenvalue weighted by Crippen LogP contribution is -2.38. The molecule has 1 fully saturated rings. The number of hydrogen-bond acceptors (Lipinski definition) is 3. The maximum absolute atomic E-state index is 13.4. The summed E-state index contributed by atoms with van der Waals surface area (Å²) in [5.74, 6) is 0.0950. The summed E-state index contributed by atoms with van der Waals surface area (Å²) in [5.41, 5.74) is 0.589. The standard InChI is InChI=1S/C18H26FNO3/c1-18(2,10-13-5-7-23-8-6-13)17(22)20-11-14-3-4-16(19)15(9-14)12-21/h3-4,9,13,21H,5-8,10-12H2,1-2H3,(H,20,22). The number of halogens is 1. The van der Waals surface area contributed by atoms with Crippen LogP contribution in [0, 0.1) is 17.2 Å². The number of aliphatic hydroxyl groups excluding tert-OH is 1. The van der Waals surface area contributed by atoms with E-state index in [-0.39, 0.29) is 18.1 Å². The lowest BCUT2D eigenvalue weighted by molar-refractivity contribution is -0.130. The Morgan fingerprint density at radius 3 is 2.74 bits per heavy atom. The summed E-state index contributed by atoms with van der Waals surface area (Å²) in [6.45, 7) is 5.47. The van der Waals surface area contributed by atoms with Crippen molar-refractivity contribution in [1.82, 2.24) is 5.32 Å². The van der Waals surface area contributed by atoms with Gasteiger partial charge in [-0.3, -0.25) is 4.79 Å². The molecule has 128 valence electrons. The van der Waals surface area contributed by atoms with Crippen LogP contribution in [0.4, 0.5) is 4.39 Å². The Kier molecular flexibility index (Phi) is 6.13. The second kappa shape index (κ2) is 7.88. The van der Waals surface area contributed by atoms with Crippen molar-refractivity contribution < 1.29 is 19.0 Å². The number of aliphatic hydroxyl groups is 1. The highest BCUT2D eigenvalue weighted by molar-refractivity contribution is 5.81. The number of nitrogens with one attached hydrogen (secondary N) is 1. The molecule has 1 aromatic rings. The third-order valence-corrected chi connectivity index (χ3v) is 4.49. The summed E-state index contributed by atoms with van der Waals surface area (Å²) in [6, 6.07) is 4.53. The van der Waals surface area contributed by atoms with Gasteiger partial charge < -0.3 is 15.2 Å². The van der Waals surface area contributed by atoms with Crippen LogP contribution in [0.15, 0.2) is 18.2 Å². The number of ether oxygens (including phenoxy) is 1. The van der Waals surface area contributed by atoms with Crippen molar-refractivity contribution in [3.05, 3.63) is 35.1 Å². The highest BCUT2D eigenvalue weighted by Crippen LogP contribution is 2.31. The van der Waals surface area contributed by atoms with Crippen molar-refractivity contribution in [3.63, 3.8) is 0 Å². The molecule has 0 atom stereocenters. The van der Waals surface area contributed by atoms with Gasteiger partial charge in [-0.2, -0.15) is 0 Å². The van der Waals surface area contributed by atoms with Crippen LogP contribution in [0.25, 0.3) is 0 Å². The number of benzene rings is 1. The average molecular weight is 323 g/mol. The predicted molar refractivity (Wildman–Crippen MR) is 86.1 cm³/mol. The third-order valence-electron chi connectivity index (χ3n) is 4.49. The molecule has 1 saturated heterocycles. The summed E-state index contributed by atoms with van der Waals surface area (Å²) in [7, 11) is 0. The van der Waals surface area contributed by atoms with Crippen molar-refractivity contribution in [2.45, 2.75) is 46.3 Å². The SMILES string of the molecule is CC(C)(CC1CCOCC1)C(=O)NCc1ccc(F)c(CO)c1. The van der Waals surface area contributed by atoms with Crippen molar-refractivity contribution in [2.24, 2.45) is 11.3 Å². The summed E-state index contributed by atoms with van der Waals surface area (Å²) >= 11 is 0. The van der Waals surface area contributed by atoms with E-state index >= 15 is 0 Å². The van der Waals surface area contributed by atoms with E-state index in [4.69, 9.17) is 9.84 Å². The number of hydrogen-bond donors (Lipinski definition) is 2. The summed E-state index contributed by atoms with van der Waals surface area (Å²) < 4.78 is 18.7. The second-order valence-electron chi connectivity index (χ2n) is 6.91. The van der Waals surface area contributed by atoms with E-state index in [0.717, 1.165) is 38.0 Å². The van der Waals surface area contributed by atoms with Gasteiger partial charge in [0.1, 0.15) is 5.82 Å². The normalized spacial score (nSPS) is 16.3. The molecule has 0 saturated carbocycles. The van der Waals surface area contributed by atoms with E-state index in [1.165, 1.54) is 6.07 Å². The van der Waals surface area contributed by atoms with Crippen molar-refractivity contribution in [1.29, 1.82) is 0 Å². The molecule has 1 aliphatic heterocycles. The van der Waals surface area contributed by atoms with Gasteiger partial charge in [0.25, 0.3) is 0 Å². The molecule has 5 heteroatoms. The molecule has 0 spiro atoms. The molecular formula is C18H26FNO3. The Labute approximate surface area is 137 Å². The summed E-state index contributed by atoms with van der Waals surface area (Å²) in [5, 5.41) is 12.0. The van der Waals surface area contributed by atoms with Gasteiger partial charge >= 0.3 is 0 Å². The van der Waals surface area contributed by atoms with Gasteiger partial charge in [-0.05, 0) is 42.9 Å². The Bertz CT molecular complexity index is 539. The van der Waals surface area contributed by atoms with E-state index in [0.29, 0.717) is 12.5 Å². The topological polar surface area (TPSA) is 58.6 Å². The highest BCUT2D eigenvalue weighted by Gasteiger charge is 2.31. The van der Waals surface area contributed by atoms with E-state index in [2.05, 4.69) is 5.32 Å². The minimum absolute atomic E-state index is 0.00105. The third kappa shape index (κ3) is 5.01. The summed E-state index contributed by atoms with van der Waals surface area (Å²) in [6.07, 6.45) is 2.86. The van der Waals surface area contributed by atoms with Gasteiger partial charge in [0.15, 0.2) is 0 Å². The fourth-order valence-corrected chi connectivity index (χ4v) is 3.05. The minimum atomic E-state index is -0.443. The largest absolute Gasteiger partial charge is 0.392 e. The Morgan fingerprint density at radius 1 is 1.39 bits per heavy atom. The molecule has 1 aromatic carbocycles. The smallest absolute Gasteiger partial charge is 0.225 e. The first-order chi connectivity index (χ1) is 10.9. The molecule has 2 rings (SSSR count). The molecule has 0 radical (unpaired) electrons. The fraction of sp³-hybridized carbons (Fsp3) is 0.611. The monoisotopic (exact) mass is 323 g/mol. The second-order valence-corrected chi connectivity index (χ2v) is 6.91. The van der Waals surface area contributed by atoms with Crippen molar-refractivity contribution in [3.8, 4) is 0 Å². The molecule has 0 aliphatic carbocycles. The minimum Gasteiger partial charge on any atom is -0.392 e. The maximum atomic E-state index is 13.4. The quantitative estimate of drug-likeness (QED) is 0.846. The average Bonchev–Trinajstić information content (AvgIpc) is 2.54. The lowest BCUT2D eigenvalue weighted by Gasteiger charge is -2.30. The van der Waals surface area contributed by atoms with Gasteiger partial charge in [0.2, 0.25) is 5.91 Å². The van der Waals surface area contributed by atoms with Gasteiger partial charge in [-0.25, -0.2) is 4.39 Å². The molecule has 0 aromatic heterocycles. The van der Waals surface area contributed by atoms with Crippen LogP contribution in [-0.2, 0) is 22.7 Å². The Morgan fingerprint density at radius 2 is 2.09 bits per heavy atom. The van der Waals surface area contributed by atoms with Crippen LogP contribution in [0.2, 0.25) is 0 Å². The van der Waals surface area contributed by atoms with E-state index in [9.17, 15) is 9.18 Å². The predicted octanol–water partition coefficient (Wildman–Crippen LogP) is 2.78. The molecule has 0 unspecified atom stereocenters. The fourth-order valence-electron chi connectivity index (χ4n) is 3.05. The van der Waals surface area contributed by atoms with Crippen LogP contribution in [-0.4, -0.2) is 24.2 Å². The van der Waals surface area contributed by atoms with Gasteiger partial charge in [-0.15, -0.1) is 0 Å². The van der Waals surface area contributed by atoms with Crippen LogP contribution < -0.4 is 5.32 Å². The van der Waals surface area contributed by atoms with Crippen LogP contribution in [0.3, 0.4) is 0 Å². The lowest BCUT2D eigenvalue weighted by atomic mass is 9.79. The molecular weight excluding hydrogens is 297 g/mol. The van der Waals surface area contributed by atoms with Gasteiger partial charge in [0.05, 0.1) is 6.61 Å². The van der Waals surface area contributed by atoms with Crippen LogP contribution in [0.1, 0.15) is 44.2 Å². The zero-order valence-electron chi connectivity index (χ0n) is 13.9. The van der Waals surface area contributed by atoms with E-state index in [1.54, 1.807) is 12.1 Å². The first-order valence-electron chi connectivity index (χ1n) is 8.16. The first kappa shape index (κ1) is 17.9. The molecule has 1 amide bonds. The van der Waals surface area contributed by atoms with Crippen molar-refractivity contribution in [2.75, 3.05) is 13.2 Å². The molecule has 23 heavy (non-hydrogen) atoms. The molecule has 1 heterocycles. The molecule has 1 aliphatic rings. The van der Waals surface area contributed by atoms with Crippen LogP contribution in [0.5, 0.6) is 0 Å². The number of amides is 1. The highest BCUT2D eigenvalue weighted by atomic mass is 19.1. The maximum Gasteiger partial charge on any atom is 0.225 e. The van der Waals surface area contributed by atoms with Crippen molar-refractivity contribution >= 4 is 5.91 Å². The molecule has 4 nitrogen and oxygen atoms in total. The van der Waals surface area contributed by atoms with Gasteiger partial charge in [-0.1, -0.05) is 19.9 Å². The summed E-state index contributed by atoms with van der Waals surface area (Å²) in [4.78, 5) is 12.5. The Balaban J connectivity index is 1.89. The van der Waals surface area contributed by atoms with Crippen LogP contribution >= 0.6 is 0 Å². The van der Waals surface area contributed by atoms with E-state index < -0.39 is 11.2 Å². The number of carbonyl (C=O) groups excluding carboxylic acids is 1. The zero-order chi connectivity index (χ0) is 16.9. The Hall–Kier alpha value is -1.46. The molecule has 2 N–H and O–H groups in total. The molecule has 0 bridgehead atoms. The first-order valence-corrected chi connectivity index (χ1v) is 8.16. The van der Waals surface area contributed by atoms with Gasteiger partial charge in [0, 0.05) is 30.7 Å².